The van der Waals surface area contributed by atoms with Crippen molar-refractivity contribution in [3.8, 4) is 0 Å². The molecular weight excluding hydrogens is 240 g/mol. The molecule has 0 aliphatic rings. The molecule has 19 heavy (non-hydrogen) atoms. The van der Waals surface area contributed by atoms with Crippen molar-refractivity contribution in [2.24, 2.45) is 5.92 Å². The summed E-state index contributed by atoms with van der Waals surface area (Å²) in [6.07, 6.45) is 8.64. The molecule has 0 saturated carbocycles. The molecule has 0 fully saturated rings. The summed E-state index contributed by atoms with van der Waals surface area (Å²) >= 11 is 0. The largest absolute Gasteiger partial charge is 0.330 e. The third kappa shape index (κ3) is 6.07. The molecule has 114 valence electrons. The Morgan fingerprint density at radius 1 is 0.947 bits per heavy atom. The quantitative estimate of drug-likeness (QED) is 0.297. The van der Waals surface area contributed by atoms with Gasteiger partial charge in [-0.15, -0.1) is 0 Å². The lowest BCUT2D eigenvalue weighted by molar-refractivity contribution is -0.373. The number of unbranched alkanes of at least 4 members (excludes halogenated alkanes) is 5. The summed E-state index contributed by atoms with van der Waals surface area (Å²) in [6, 6.07) is 0. The first-order valence-corrected chi connectivity index (χ1v) is 7.38. The van der Waals surface area contributed by atoms with Crippen LogP contribution in [0.15, 0.2) is 12.2 Å². The van der Waals surface area contributed by atoms with E-state index < -0.39 is 5.97 Å². The topological polar surface area (TPSA) is 27.7 Å². The van der Waals surface area contributed by atoms with E-state index in [0.717, 1.165) is 18.4 Å². The van der Waals surface area contributed by atoms with Gasteiger partial charge in [-0.2, -0.15) is 0 Å². The van der Waals surface area contributed by atoms with Crippen molar-refractivity contribution < 1.29 is 14.2 Å². The first-order chi connectivity index (χ1) is 9.07. The minimum Gasteiger partial charge on any atom is -0.330 e. The fourth-order valence-electron chi connectivity index (χ4n) is 2.53. The lowest BCUT2D eigenvalue weighted by Crippen LogP contribution is -2.44. The lowest BCUT2D eigenvalue weighted by atomic mass is 9.92. The zero-order valence-electron chi connectivity index (χ0n) is 13.5. The minimum atomic E-state index is -0.991. The molecule has 3 nitrogen and oxygen atoms in total. The lowest BCUT2D eigenvalue weighted by Gasteiger charge is -2.36. The molecule has 0 radical (unpaired) electrons. The molecule has 0 saturated heterocycles. The monoisotopic (exact) mass is 272 g/mol. The number of methoxy groups -OCH3 is 3. The summed E-state index contributed by atoms with van der Waals surface area (Å²) in [5, 5.41) is 0. The van der Waals surface area contributed by atoms with E-state index in [1.807, 2.05) is 6.92 Å². The highest BCUT2D eigenvalue weighted by atomic mass is 16.9. The van der Waals surface area contributed by atoms with Crippen molar-refractivity contribution >= 4 is 0 Å². The molecule has 0 aromatic heterocycles. The smallest absolute Gasteiger partial charge is 0.289 e. The maximum atomic E-state index is 5.45. The molecule has 0 amide bonds. The standard InChI is InChI=1S/C16H32O3/c1-7-8-9-10-11-12-13-15(14(2)3)16(17-4,18-5)19-6/h15H,2,7-13H2,1,3-6H3. The van der Waals surface area contributed by atoms with E-state index in [4.69, 9.17) is 14.2 Å². The van der Waals surface area contributed by atoms with Crippen LogP contribution < -0.4 is 0 Å². The van der Waals surface area contributed by atoms with E-state index in [1.165, 1.54) is 32.1 Å². The maximum absolute atomic E-state index is 5.45. The zero-order chi connectivity index (χ0) is 14.7. The van der Waals surface area contributed by atoms with Crippen molar-refractivity contribution in [3.63, 3.8) is 0 Å². The van der Waals surface area contributed by atoms with Crippen molar-refractivity contribution in [1.29, 1.82) is 0 Å². The van der Waals surface area contributed by atoms with Crippen LogP contribution in [0.25, 0.3) is 0 Å². The molecule has 1 unspecified atom stereocenters. The van der Waals surface area contributed by atoms with E-state index in [-0.39, 0.29) is 5.92 Å². The fourth-order valence-corrected chi connectivity index (χ4v) is 2.53. The van der Waals surface area contributed by atoms with Crippen LogP contribution in [0.1, 0.15) is 58.8 Å². The summed E-state index contributed by atoms with van der Waals surface area (Å²) in [7, 11) is 4.85. The Morgan fingerprint density at radius 3 is 1.84 bits per heavy atom. The normalized spacial score (nSPS) is 13.5. The number of rotatable bonds is 12. The average Bonchev–Trinajstić information content (AvgIpc) is 2.42. The van der Waals surface area contributed by atoms with Gasteiger partial charge in [0.2, 0.25) is 0 Å². The van der Waals surface area contributed by atoms with Gasteiger partial charge in [-0.1, -0.05) is 57.6 Å². The third-order valence-electron chi connectivity index (χ3n) is 3.72. The molecule has 1 atom stereocenters. The molecule has 0 bridgehead atoms. The van der Waals surface area contributed by atoms with Crippen LogP contribution in [0.4, 0.5) is 0 Å². The van der Waals surface area contributed by atoms with E-state index in [0.29, 0.717) is 0 Å². The van der Waals surface area contributed by atoms with Gasteiger partial charge in [0.15, 0.2) is 0 Å². The third-order valence-corrected chi connectivity index (χ3v) is 3.72. The van der Waals surface area contributed by atoms with Gasteiger partial charge >= 0.3 is 0 Å². The Hall–Kier alpha value is -0.380. The van der Waals surface area contributed by atoms with E-state index in [2.05, 4.69) is 13.5 Å². The van der Waals surface area contributed by atoms with Gasteiger partial charge in [0.1, 0.15) is 0 Å². The number of hydrogen-bond donors (Lipinski definition) is 0. The van der Waals surface area contributed by atoms with Crippen molar-refractivity contribution in [2.75, 3.05) is 21.3 Å². The van der Waals surface area contributed by atoms with Crippen molar-refractivity contribution in [1.82, 2.24) is 0 Å². The second-order valence-corrected chi connectivity index (χ2v) is 5.17. The Bertz CT molecular complexity index is 226. The fraction of sp³-hybridized carbons (Fsp3) is 0.875. The molecule has 0 aliphatic carbocycles. The van der Waals surface area contributed by atoms with Crippen LogP contribution in [-0.4, -0.2) is 27.3 Å². The van der Waals surface area contributed by atoms with Gasteiger partial charge in [0.25, 0.3) is 5.97 Å². The molecular formula is C16H32O3. The number of ether oxygens (including phenoxy) is 3. The first kappa shape index (κ1) is 18.6. The molecule has 3 heteroatoms. The van der Waals surface area contributed by atoms with Crippen LogP contribution in [0.5, 0.6) is 0 Å². The zero-order valence-corrected chi connectivity index (χ0v) is 13.5. The Balaban J connectivity index is 4.29. The summed E-state index contributed by atoms with van der Waals surface area (Å²) in [5.74, 6) is -0.923. The van der Waals surface area contributed by atoms with Gasteiger partial charge < -0.3 is 14.2 Å². The number of hydrogen-bond acceptors (Lipinski definition) is 3. The Morgan fingerprint density at radius 2 is 1.42 bits per heavy atom. The second-order valence-electron chi connectivity index (χ2n) is 5.17. The summed E-state index contributed by atoms with van der Waals surface area (Å²) in [5.41, 5.74) is 1.04. The maximum Gasteiger partial charge on any atom is 0.289 e. The van der Waals surface area contributed by atoms with Gasteiger partial charge in [0, 0.05) is 21.3 Å². The van der Waals surface area contributed by atoms with Crippen molar-refractivity contribution in [3.05, 3.63) is 12.2 Å². The van der Waals surface area contributed by atoms with E-state index >= 15 is 0 Å². The predicted molar refractivity (Wildman–Crippen MR) is 80.1 cm³/mol. The Kier molecular flexibility index (Phi) is 10.2. The summed E-state index contributed by atoms with van der Waals surface area (Å²) < 4.78 is 16.4. The van der Waals surface area contributed by atoms with Crippen LogP contribution in [0.3, 0.4) is 0 Å². The summed E-state index contributed by atoms with van der Waals surface area (Å²) in [6.45, 7) is 8.30. The summed E-state index contributed by atoms with van der Waals surface area (Å²) in [4.78, 5) is 0. The molecule has 0 aliphatic heterocycles. The van der Waals surface area contributed by atoms with Crippen LogP contribution in [0.2, 0.25) is 0 Å². The highest BCUT2D eigenvalue weighted by Crippen LogP contribution is 2.33. The van der Waals surface area contributed by atoms with Crippen LogP contribution in [0, 0.1) is 5.92 Å². The highest BCUT2D eigenvalue weighted by molar-refractivity contribution is 5.00. The second kappa shape index (κ2) is 10.4. The minimum absolute atomic E-state index is 0.0682. The Labute approximate surface area is 119 Å². The molecule has 0 spiro atoms. The van der Waals surface area contributed by atoms with E-state index in [1.54, 1.807) is 21.3 Å². The van der Waals surface area contributed by atoms with Gasteiger partial charge in [0.05, 0.1) is 5.92 Å². The first-order valence-electron chi connectivity index (χ1n) is 7.38. The molecule has 0 heterocycles. The predicted octanol–water partition coefficient (Wildman–Crippen LogP) is 4.52. The molecule has 0 N–H and O–H groups in total. The molecule has 0 rings (SSSR count). The molecule has 0 aromatic carbocycles. The van der Waals surface area contributed by atoms with Gasteiger partial charge in [-0.05, 0) is 13.3 Å². The van der Waals surface area contributed by atoms with Crippen molar-refractivity contribution in [2.45, 2.75) is 64.8 Å². The van der Waals surface area contributed by atoms with Gasteiger partial charge in [-0.25, -0.2) is 0 Å². The SMILES string of the molecule is C=C(C)C(CCCCCCCC)C(OC)(OC)OC. The van der Waals surface area contributed by atoms with Crippen LogP contribution >= 0.6 is 0 Å². The van der Waals surface area contributed by atoms with E-state index in [9.17, 15) is 0 Å². The highest BCUT2D eigenvalue weighted by Gasteiger charge is 2.40. The van der Waals surface area contributed by atoms with Gasteiger partial charge in [-0.3, -0.25) is 0 Å². The molecule has 0 aromatic rings. The van der Waals surface area contributed by atoms with Crippen LogP contribution in [-0.2, 0) is 14.2 Å². The average molecular weight is 272 g/mol.